The first-order chi connectivity index (χ1) is 13.9. The molecule has 3 aromatic rings. The zero-order valence-electron chi connectivity index (χ0n) is 16.4. The van der Waals surface area contributed by atoms with E-state index >= 15 is 0 Å². The van der Waals surface area contributed by atoms with Gasteiger partial charge < -0.3 is 5.32 Å². The van der Waals surface area contributed by atoms with Gasteiger partial charge in [-0.2, -0.15) is 0 Å². The van der Waals surface area contributed by atoms with Crippen LogP contribution in [0.5, 0.6) is 0 Å². The second-order valence-corrected chi connectivity index (χ2v) is 8.60. The molecule has 0 spiro atoms. The Morgan fingerprint density at radius 1 is 0.828 bits per heavy atom. The molecule has 1 amide bonds. The summed E-state index contributed by atoms with van der Waals surface area (Å²) < 4.78 is 26.6. The maximum atomic E-state index is 13.0. The first kappa shape index (κ1) is 20.8. The standard InChI is InChI=1S/C23H24N2O3S/c1-3-24-29(27,28)21-16-14-18(15-17-21)22(26)25-23(2,19-10-6-4-7-11-19)20-12-8-5-9-13-20/h4-17,24H,3H2,1-2H3,(H,25,26). The third-order valence-electron chi connectivity index (χ3n) is 4.83. The van der Waals surface area contributed by atoms with Crippen molar-refractivity contribution >= 4 is 15.9 Å². The number of benzene rings is 3. The molecule has 0 aliphatic carbocycles. The SMILES string of the molecule is CCNS(=O)(=O)c1ccc(C(=O)NC(C)(c2ccccc2)c2ccccc2)cc1. The van der Waals surface area contributed by atoms with Crippen molar-refractivity contribution in [1.29, 1.82) is 0 Å². The van der Waals surface area contributed by atoms with Crippen LogP contribution in [0.1, 0.15) is 35.3 Å². The number of carbonyl (C=O) groups excluding carboxylic acids is 1. The zero-order valence-corrected chi connectivity index (χ0v) is 17.2. The molecular weight excluding hydrogens is 384 g/mol. The van der Waals surface area contributed by atoms with E-state index in [0.717, 1.165) is 11.1 Å². The molecule has 3 aromatic carbocycles. The summed E-state index contributed by atoms with van der Waals surface area (Å²) in [5.74, 6) is -0.285. The van der Waals surface area contributed by atoms with E-state index in [-0.39, 0.29) is 10.8 Å². The van der Waals surface area contributed by atoms with Crippen LogP contribution in [0.3, 0.4) is 0 Å². The van der Waals surface area contributed by atoms with Crippen LogP contribution in [0.4, 0.5) is 0 Å². The summed E-state index contributed by atoms with van der Waals surface area (Å²) in [6, 6.07) is 25.4. The van der Waals surface area contributed by atoms with Gasteiger partial charge in [0, 0.05) is 12.1 Å². The molecule has 2 N–H and O–H groups in total. The summed E-state index contributed by atoms with van der Waals surface area (Å²) in [6.07, 6.45) is 0. The van der Waals surface area contributed by atoms with Crippen LogP contribution in [0.25, 0.3) is 0 Å². The van der Waals surface area contributed by atoms with Crippen molar-refractivity contribution in [2.75, 3.05) is 6.54 Å². The molecule has 3 rings (SSSR count). The van der Waals surface area contributed by atoms with E-state index in [4.69, 9.17) is 0 Å². The van der Waals surface area contributed by atoms with E-state index in [1.807, 2.05) is 67.6 Å². The summed E-state index contributed by atoms with van der Waals surface area (Å²) in [5.41, 5.74) is 1.55. The maximum Gasteiger partial charge on any atom is 0.252 e. The lowest BCUT2D eigenvalue weighted by Gasteiger charge is -2.32. The lowest BCUT2D eigenvalue weighted by Crippen LogP contribution is -2.44. The summed E-state index contributed by atoms with van der Waals surface area (Å²) in [5, 5.41) is 3.12. The van der Waals surface area contributed by atoms with Gasteiger partial charge in [0.05, 0.1) is 10.4 Å². The lowest BCUT2D eigenvalue weighted by atomic mass is 9.84. The third kappa shape index (κ3) is 4.55. The van der Waals surface area contributed by atoms with E-state index < -0.39 is 15.6 Å². The fourth-order valence-electron chi connectivity index (χ4n) is 3.21. The Labute approximate surface area is 171 Å². The summed E-state index contributed by atoms with van der Waals surface area (Å²) >= 11 is 0. The number of hydrogen-bond donors (Lipinski definition) is 2. The predicted molar refractivity (Wildman–Crippen MR) is 114 cm³/mol. The third-order valence-corrected chi connectivity index (χ3v) is 6.39. The van der Waals surface area contributed by atoms with Crippen LogP contribution in [0, 0.1) is 0 Å². The smallest absolute Gasteiger partial charge is 0.252 e. The van der Waals surface area contributed by atoms with Crippen molar-refractivity contribution < 1.29 is 13.2 Å². The summed E-state index contributed by atoms with van der Waals surface area (Å²) in [4.78, 5) is 13.1. The van der Waals surface area contributed by atoms with Crippen molar-refractivity contribution in [2.45, 2.75) is 24.3 Å². The molecule has 150 valence electrons. The topological polar surface area (TPSA) is 75.3 Å². The minimum atomic E-state index is -3.56. The molecule has 0 atom stereocenters. The zero-order chi connectivity index (χ0) is 20.9. The lowest BCUT2D eigenvalue weighted by molar-refractivity contribution is 0.0919. The highest BCUT2D eigenvalue weighted by Crippen LogP contribution is 2.29. The molecule has 0 saturated carbocycles. The van der Waals surface area contributed by atoms with Gasteiger partial charge in [-0.15, -0.1) is 0 Å². The van der Waals surface area contributed by atoms with E-state index in [9.17, 15) is 13.2 Å². The van der Waals surface area contributed by atoms with E-state index in [2.05, 4.69) is 10.0 Å². The molecule has 5 nitrogen and oxygen atoms in total. The van der Waals surface area contributed by atoms with E-state index in [1.165, 1.54) is 24.3 Å². The quantitative estimate of drug-likeness (QED) is 0.626. The fraction of sp³-hybridized carbons (Fsp3) is 0.174. The monoisotopic (exact) mass is 408 g/mol. The van der Waals surface area contributed by atoms with Gasteiger partial charge in [-0.05, 0) is 42.3 Å². The van der Waals surface area contributed by atoms with Crippen LogP contribution < -0.4 is 10.0 Å². The van der Waals surface area contributed by atoms with Gasteiger partial charge in [0.15, 0.2) is 0 Å². The van der Waals surface area contributed by atoms with Crippen molar-refractivity contribution in [3.8, 4) is 0 Å². The van der Waals surface area contributed by atoms with Gasteiger partial charge >= 0.3 is 0 Å². The highest BCUT2D eigenvalue weighted by Gasteiger charge is 2.31. The Hall–Kier alpha value is -2.96. The first-order valence-corrected chi connectivity index (χ1v) is 10.9. The minimum Gasteiger partial charge on any atom is -0.339 e. The van der Waals surface area contributed by atoms with Gasteiger partial charge in [0.1, 0.15) is 0 Å². The molecule has 29 heavy (non-hydrogen) atoms. The molecule has 0 aliphatic heterocycles. The van der Waals surface area contributed by atoms with Crippen LogP contribution in [-0.4, -0.2) is 20.9 Å². The second-order valence-electron chi connectivity index (χ2n) is 6.84. The molecule has 0 heterocycles. The Morgan fingerprint density at radius 3 is 1.76 bits per heavy atom. The van der Waals surface area contributed by atoms with Crippen LogP contribution in [0.2, 0.25) is 0 Å². The largest absolute Gasteiger partial charge is 0.339 e. The Bertz CT molecular complexity index is 1020. The summed E-state index contributed by atoms with van der Waals surface area (Å²) in [6.45, 7) is 3.98. The van der Waals surface area contributed by atoms with Gasteiger partial charge in [0.2, 0.25) is 10.0 Å². The maximum absolute atomic E-state index is 13.0. The first-order valence-electron chi connectivity index (χ1n) is 9.40. The molecule has 6 heteroatoms. The Kier molecular flexibility index (Phi) is 6.15. The number of hydrogen-bond acceptors (Lipinski definition) is 3. The molecule has 0 saturated heterocycles. The Morgan fingerprint density at radius 2 is 1.31 bits per heavy atom. The van der Waals surface area contributed by atoms with Gasteiger partial charge in [-0.25, -0.2) is 13.1 Å². The molecule has 0 aliphatic rings. The van der Waals surface area contributed by atoms with Crippen LogP contribution >= 0.6 is 0 Å². The number of amides is 1. The number of carbonyl (C=O) groups is 1. The van der Waals surface area contributed by atoms with E-state index in [0.29, 0.717) is 12.1 Å². The van der Waals surface area contributed by atoms with Crippen LogP contribution in [-0.2, 0) is 15.6 Å². The molecule has 0 fully saturated rings. The van der Waals surface area contributed by atoms with Crippen molar-refractivity contribution in [1.82, 2.24) is 10.0 Å². The normalized spacial score (nSPS) is 11.8. The number of sulfonamides is 1. The van der Waals surface area contributed by atoms with Crippen molar-refractivity contribution in [3.05, 3.63) is 102 Å². The highest BCUT2D eigenvalue weighted by atomic mass is 32.2. The molecular formula is C23H24N2O3S. The highest BCUT2D eigenvalue weighted by molar-refractivity contribution is 7.89. The Balaban J connectivity index is 1.92. The van der Waals surface area contributed by atoms with Crippen molar-refractivity contribution in [2.24, 2.45) is 0 Å². The average Bonchev–Trinajstić information content (AvgIpc) is 2.75. The number of rotatable bonds is 7. The second kappa shape index (κ2) is 8.59. The number of nitrogens with one attached hydrogen (secondary N) is 2. The van der Waals surface area contributed by atoms with E-state index in [1.54, 1.807) is 6.92 Å². The van der Waals surface area contributed by atoms with Crippen LogP contribution in [0.15, 0.2) is 89.8 Å². The fourth-order valence-corrected chi connectivity index (χ4v) is 4.25. The molecule has 0 bridgehead atoms. The summed E-state index contributed by atoms with van der Waals surface area (Å²) in [7, 11) is -3.56. The molecule has 0 aromatic heterocycles. The van der Waals surface area contributed by atoms with Crippen molar-refractivity contribution in [3.63, 3.8) is 0 Å². The average molecular weight is 409 g/mol. The molecule has 0 unspecified atom stereocenters. The predicted octanol–water partition coefficient (Wildman–Crippen LogP) is 3.68. The minimum absolute atomic E-state index is 0.129. The van der Waals surface area contributed by atoms with Gasteiger partial charge in [-0.3, -0.25) is 4.79 Å². The molecule has 0 radical (unpaired) electrons. The van der Waals surface area contributed by atoms with Gasteiger partial charge in [0.25, 0.3) is 5.91 Å². The van der Waals surface area contributed by atoms with Gasteiger partial charge in [-0.1, -0.05) is 67.6 Å².